The molecule has 0 aliphatic heterocycles. The maximum absolute atomic E-state index is 9.72. The largest absolute Gasteiger partial charge is 0.508 e. The molecule has 0 radical (unpaired) electrons. The molecule has 0 spiro atoms. The first-order valence-corrected chi connectivity index (χ1v) is 6.78. The van der Waals surface area contributed by atoms with Gasteiger partial charge in [0, 0.05) is 16.6 Å². The smallest absolute Gasteiger partial charge is 0.120 e. The Kier molecular flexibility index (Phi) is 4.38. The highest BCUT2D eigenvalue weighted by Gasteiger charge is 2.06. The maximum atomic E-state index is 9.72. The molecule has 0 aromatic heterocycles. The molecule has 0 amide bonds. The minimum atomic E-state index is 0.240. The van der Waals surface area contributed by atoms with Crippen molar-refractivity contribution in [3.05, 3.63) is 56.5 Å². The van der Waals surface area contributed by atoms with E-state index in [0.717, 1.165) is 15.7 Å². The molecule has 0 heterocycles. The highest BCUT2D eigenvalue weighted by Crippen LogP contribution is 2.30. The average molecular weight is 347 g/mol. The molecular weight excluding hydrogens is 337 g/mol. The summed E-state index contributed by atoms with van der Waals surface area (Å²) in [6, 6.07) is 10.7. The molecule has 2 nitrogen and oxygen atoms in total. The summed E-state index contributed by atoms with van der Waals surface area (Å²) < 4.78 is 0.911. The first-order valence-electron chi connectivity index (χ1n) is 5.23. The van der Waals surface area contributed by atoms with Crippen molar-refractivity contribution in [2.24, 2.45) is 0 Å². The number of benzene rings is 2. The zero-order chi connectivity index (χ0) is 13.1. The molecule has 2 rings (SSSR count). The van der Waals surface area contributed by atoms with Crippen LogP contribution in [-0.2, 0) is 6.54 Å². The summed E-state index contributed by atoms with van der Waals surface area (Å²) >= 11 is 15.4. The van der Waals surface area contributed by atoms with Crippen molar-refractivity contribution < 1.29 is 5.11 Å². The van der Waals surface area contributed by atoms with Crippen LogP contribution in [-0.4, -0.2) is 5.11 Å². The number of aromatic hydroxyl groups is 1. The van der Waals surface area contributed by atoms with E-state index in [1.54, 1.807) is 18.2 Å². The lowest BCUT2D eigenvalue weighted by Gasteiger charge is -2.10. The Morgan fingerprint density at radius 3 is 2.72 bits per heavy atom. The third-order valence-corrected chi connectivity index (χ3v) is 3.77. The van der Waals surface area contributed by atoms with Gasteiger partial charge in [-0.05, 0) is 30.3 Å². The summed E-state index contributed by atoms with van der Waals surface area (Å²) in [5, 5.41) is 13.8. The number of nitrogens with one attached hydrogen (secondary N) is 1. The minimum absolute atomic E-state index is 0.240. The van der Waals surface area contributed by atoms with Gasteiger partial charge in [0.2, 0.25) is 0 Å². The molecule has 0 atom stereocenters. The molecule has 0 saturated carbocycles. The Morgan fingerprint density at radius 1 is 1.17 bits per heavy atom. The van der Waals surface area contributed by atoms with Crippen molar-refractivity contribution in [3.8, 4) is 5.75 Å². The first-order chi connectivity index (χ1) is 8.58. The van der Waals surface area contributed by atoms with Crippen LogP contribution < -0.4 is 5.32 Å². The highest BCUT2D eigenvalue weighted by atomic mass is 79.9. The van der Waals surface area contributed by atoms with E-state index in [1.807, 2.05) is 18.2 Å². The van der Waals surface area contributed by atoms with E-state index in [1.165, 1.54) is 0 Å². The Labute approximate surface area is 124 Å². The fourth-order valence-corrected chi connectivity index (χ4v) is 2.30. The number of phenolic OH excluding ortho intramolecular Hbond substituents is 1. The van der Waals surface area contributed by atoms with Gasteiger partial charge < -0.3 is 10.4 Å². The zero-order valence-electron chi connectivity index (χ0n) is 9.25. The van der Waals surface area contributed by atoms with Gasteiger partial charge in [-0.2, -0.15) is 0 Å². The van der Waals surface area contributed by atoms with E-state index in [2.05, 4.69) is 21.2 Å². The monoisotopic (exact) mass is 345 g/mol. The van der Waals surface area contributed by atoms with Crippen molar-refractivity contribution in [1.82, 2.24) is 0 Å². The quantitative estimate of drug-likeness (QED) is 0.812. The molecule has 0 fully saturated rings. The van der Waals surface area contributed by atoms with Crippen LogP contribution in [0.25, 0.3) is 0 Å². The normalized spacial score (nSPS) is 10.4. The van der Waals surface area contributed by atoms with Crippen molar-refractivity contribution in [1.29, 1.82) is 0 Å². The van der Waals surface area contributed by atoms with Gasteiger partial charge in [-0.15, -0.1) is 0 Å². The lowest BCUT2D eigenvalue weighted by molar-refractivity contribution is 0.469. The van der Waals surface area contributed by atoms with Gasteiger partial charge >= 0.3 is 0 Å². The first kappa shape index (κ1) is 13.5. The van der Waals surface area contributed by atoms with E-state index in [-0.39, 0.29) is 5.75 Å². The molecule has 0 aliphatic rings. The standard InChI is InChI=1S/C13H10BrCl2NO/c14-9-4-5-12(18)8(6-9)7-17-11-3-1-2-10(15)13(11)16/h1-6,17-18H,7H2. The molecule has 0 unspecified atom stereocenters. The van der Waals surface area contributed by atoms with Crippen LogP contribution in [0, 0.1) is 0 Å². The second-order valence-electron chi connectivity index (χ2n) is 3.73. The summed E-state index contributed by atoms with van der Waals surface area (Å²) in [6.45, 7) is 0.464. The molecule has 0 bridgehead atoms. The Morgan fingerprint density at radius 2 is 1.94 bits per heavy atom. The van der Waals surface area contributed by atoms with Gasteiger partial charge in [0.15, 0.2) is 0 Å². The number of anilines is 1. The molecule has 18 heavy (non-hydrogen) atoms. The highest BCUT2D eigenvalue weighted by molar-refractivity contribution is 9.10. The van der Waals surface area contributed by atoms with Crippen molar-refractivity contribution >= 4 is 44.8 Å². The van der Waals surface area contributed by atoms with Gasteiger partial charge in [-0.25, -0.2) is 0 Å². The van der Waals surface area contributed by atoms with Crippen LogP contribution in [0.15, 0.2) is 40.9 Å². The van der Waals surface area contributed by atoms with Gasteiger partial charge in [-0.1, -0.05) is 45.2 Å². The number of halogens is 3. The Balaban J connectivity index is 2.16. The van der Waals surface area contributed by atoms with Crippen LogP contribution in [0.5, 0.6) is 5.75 Å². The van der Waals surface area contributed by atoms with Crippen molar-refractivity contribution in [2.75, 3.05) is 5.32 Å². The second kappa shape index (κ2) is 5.83. The fraction of sp³-hybridized carbons (Fsp3) is 0.0769. The van der Waals surface area contributed by atoms with Gasteiger partial charge in [0.25, 0.3) is 0 Å². The van der Waals surface area contributed by atoms with E-state index in [9.17, 15) is 5.11 Å². The predicted molar refractivity (Wildman–Crippen MR) is 79.6 cm³/mol. The number of phenols is 1. The van der Waals surface area contributed by atoms with Crippen molar-refractivity contribution in [3.63, 3.8) is 0 Å². The molecule has 0 aliphatic carbocycles. The molecule has 94 valence electrons. The van der Waals surface area contributed by atoms with E-state index >= 15 is 0 Å². The van der Waals surface area contributed by atoms with Gasteiger partial charge in [-0.3, -0.25) is 0 Å². The number of rotatable bonds is 3. The lowest BCUT2D eigenvalue weighted by Crippen LogP contribution is -2.00. The van der Waals surface area contributed by atoms with E-state index in [0.29, 0.717) is 16.6 Å². The van der Waals surface area contributed by atoms with Crippen LogP contribution >= 0.6 is 39.1 Å². The topological polar surface area (TPSA) is 32.3 Å². The van der Waals surface area contributed by atoms with Crippen LogP contribution in [0.3, 0.4) is 0 Å². The summed E-state index contributed by atoms with van der Waals surface area (Å²) in [5.41, 5.74) is 1.52. The SMILES string of the molecule is Oc1ccc(Br)cc1CNc1cccc(Cl)c1Cl. The second-order valence-corrected chi connectivity index (χ2v) is 5.43. The number of hydrogen-bond acceptors (Lipinski definition) is 2. The van der Waals surface area contributed by atoms with Gasteiger partial charge in [0.05, 0.1) is 15.7 Å². The molecule has 5 heteroatoms. The van der Waals surface area contributed by atoms with Crippen LogP contribution in [0.1, 0.15) is 5.56 Å². The fourth-order valence-electron chi connectivity index (χ4n) is 1.53. The summed E-state index contributed by atoms with van der Waals surface area (Å²) in [7, 11) is 0. The van der Waals surface area contributed by atoms with Crippen LogP contribution in [0.2, 0.25) is 10.0 Å². The maximum Gasteiger partial charge on any atom is 0.120 e. The third-order valence-electron chi connectivity index (χ3n) is 2.46. The molecule has 0 saturated heterocycles. The lowest BCUT2D eigenvalue weighted by atomic mass is 10.2. The summed E-state index contributed by atoms with van der Waals surface area (Å²) in [6.07, 6.45) is 0. The summed E-state index contributed by atoms with van der Waals surface area (Å²) in [4.78, 5) is 0. The zero-order valence-corrected chi connectivity index (χ0v) is 12.4. The molecule has 2 N–H and O–H groups in total. The predicted octanol–water partition coefficient (Wildman–Crippen LogP) is 5.07. The van der Waals surface area contributed by atoms with Gasteiger partial charge in [0.1, 0.15) is 5.75 Å². The van der Waals surface area contributed by atoms with Crippen LogP contribution in [0.4, 0.5) is 5.69 Å². The number of hydrogen-bond donors (Lipinski definition) is 2. The van der Waals surface area contributed by atoms with E-state index in [4.69, 9.17) is 23.2 Å². The van der Waals surface area contributed by atoms with Crippen molar-refractivity contribution in [2.45, 2.75) is 6.54 Å². The summed E-state index contributed by atoms with van der Waals surface area (Å²) in [5.74, 6) is 0.240. The molecule has 2 aromatic carbocycles. The Bertz CT molecular complexity index is 573. The third kappa shape index (κ3) is 3.10. The Hall–Kier alpha value is -0.900. The average Bonchev–Trinajstić information content (AvgIpc) is 2.35. The minimum Gasteiger partial charge on any atom is -0.508 e. The molecule has 2 aromatic rings. The molecular formula is C13H10BrCl2NO. The van der Waals surface area contributed by atoms with E-state index < -0.39 is 0 Å².